The molecule has 4 aliphatic rings. The lowest BCUT2D eigenvalue weighted by atomic mass is 9.98. The number of aliphatic imine (C=N–C) groups is 1. The van der Waals surface area contributed by atoms with Crippen LogP contribution in [0.2, 0.25) is 0 Å². The summed E-state index contributed by atoms with van der Waals surface area (Å²) in [5.41, 5.74) is 13.5. The Hall–Kier alpha value is -5.08. The van der Waals surface area contributed by atoms with Crippen molar-refractivity contribution in [2.75, 3.05) is 13.1 Å². The summed E-state index contributed by atoms with van der Waals surface area (Å²) in [7, 11) is 0. The highest BCUT2D eigenvalue weighted by atomic mass is 15.2. The van der Waals surface area contributed by atoms with Crippen LogP contribution >= 0.6 is 0 Å². The Morgan fingerprint density at radius 1 is 1.13 bits per heavy atom. The summed E-state index contributed by atoms with van der Waals surface area (Å²) in [4.78, 5) is 9.74. The zero-order chi connectivity index (χ0) is 31.4. The molecule has 4 aliphatic heterocycles. The van der Waals surface area contributed by atoms with Crippen LogP contribution in [0.4, 0.5) is 0 Å². The van der Waals surface area contributed by atoms with Crippen LogP contribution in [-0.4, -0.2) is 42.0 Å². The lowest BCUT2D eigenvalue weighted by Gasteiger charge is -2.36. The van der Waals surface area contributed by atoms with Gasteiger partial charge in [-0.2, -0.15) is 0 Å². The monoisotopic (exact) mass is 600 g/mol. The van der Waals surface area contributed by atoms with Crippen molar-refractivity contribution in [1.29, 1.82) is 0 Å². The minimum atomic E-state index is -0.283. The summed E-state index contributed by atoms with van der Waals surface area (Å²) < 4.78 is 0. The van der Waals surface area contributed by atoms with Gasteiger partial charge in [0.25, 0.3) is 0 Å². The van der Waals surface area contributed by atoms with Gasteiger partial charge < -0.3 is 27.0 Å². The van der Waals surface area contributed by atoms with Crippen LogP contribution in [-0.2, 0) is 0 Å². The van der Waals surface area contributed by atoms with E-state index in [0.29, 0.717) is 5.70 Å². The number of allylic oxidation sites excluding steroid dienone is 10. The third-order valence-electron chi connectivity index (χ3n) is 7.79. The van der Waals surface area contributed by atoms with E-state index in [-0.39, 0.29) is 24.3 Å². The number of pyridine rings is 1. The second kappa shape index (κ2) is 15.6. The molecule has 1 aromatic rings. The molecule has 0 saturated heterocycles. The predicted octanol–water partition coefficient (Wildman–Crippen LogP) is 4.77. The van der Waals surface area contributed by atoms with Crippen molar-refractivity contribution in [1.82, 2.24) is 31.6 Å². The molecular formula is C37H44N8. The standard InChI is InChI=1S/C37H44N8/c1-4-14-32(30-18-7-10-23-40-30)42-28(5-2)36-25-35(26(3)15-12-16-27(38)29-17-6-9-22-39-29)44-37(45-36)34-21-13-20-33(43-34)31-19-8-11-24-41-31/h5-19,21,24-25,28,33-34,37,39-40,42-43,45H,2-4,20,22-23,38H2,1H3/b15-12-,27-16-,32-14-/t28-,33?,34?,37?/m1/s1. The first kappa shape index (κ1) is 31.3. The van der Waals surface area contributed by atoms with E-state index in [9.17, 15) is 0 Å². The highest BCUT2D eigenvalue weighted by molar-refractivity contribution is 6.11. The van der Waals surface area contributed by atoms with Crippen LogP contribution in [0.3, 0.4) is 0 Å². The van der Waals surface area contributed by atoms with Gasteiger partial charge in [0.2, 0.25) is 0 Å². The van der Waals surface area contributed by atoms with Crippen molar-refractivity contribution in [3.63, 3.8) is 0 Å². The smallest absolute Gasteiger partial charge is 0.138 e. The molecule has 0 aromatic carbocycles. The van der Waals surface area contributed by atoms with Crippen molar-refractivity contribution >= 4 is 5.71 Å². The molecule has 0 aliphatic carbocycles. The summed E-state index contributed by atoms with van der Waals surface area (Å²) in [5, 5.41) is 17.9. The lowest BCUT2D eigenvalue weighted by Crippen LogP contribution is -2.52. The maximum Gasteiger partial charge on any atom is 0.138 e. The number of dihydropyridines is 2. The highest BCUT2D eigenvalue weighted by Crippen LogP contribution is 2.24. The molecule has 5 rings (SSSR count). The molecule has 0 fully saturated rings. The largest absolute Gasteiger partial charge is 0.397 e. The zero-order valence-electron chi connectivity index (χ0n) is 25.9. The zero-order valence-corrected chi connectivity index (χ0v) is 25.9. The van der Waals surface area contributed by atoms with E-state index in [0.717, 1.165) is 65.7 Å². The number of hydrogen-bond acceptors (Lipinski definition) is 8. The first-order valence-corrected chi connectivity index (χ1v) is 15.6. The number of rotatable bonds is 12. The van der Waals surface area contributed by atoms with Crippen LogP contribution in [0.1, 0.15) is 31.5 Å². The van der Waals surface area contributed by atoms with Crippen molar-refractivity contribution in [2.45, 2.75) is 44.1 Å². The molecule has 8 heteroatoms. The highest BCUT2D eigenvalue weighted by Gasteiger charge is 2.30. The Balaban J connectivity index is 1.41. The molecule has 1 aromatic heterocycles. The van der Waals surface area contributed by atoms with Crippen molar-refractivity contribution in [3.05, 3.63) is 162 Å². The Morgan fingerprint density at radius 2 is 1.93 bits per heavy atom. The first-order chi connectivity index (χ1) is 22.1. The van der Waals surface area contributed by atoms with Gasteiger partial charge in [-0.05, 0) is 54.9 Å². The maximum absolute atomic E-state index is 6.31. The maximum atomic E-state index is 6.31. The molecule has 3 unspecified atom stereocenters. The van der Waals surface area contributed by atoms with Gasteiger partial charge in [-0.15, -0.1) is 6.58 Å². The molecule has 5 heterocycles. The fourth-order valence-electron chi connectivity index (χ4n) is 5.43. The van der Waals surface area contributed by atoms with Gasteiger partial charge in [-0.25, -0.2) is 0 Å². The minimum absolute atomic E-state index is 0.0712. The Labute approximate surface area is 267 Å². The van der Waals surface area contributed by atoms with Gasteiger partial charge in [0, 0.05) is 25.0 Å². The number of nitrogens with one attached hydrogen (secondary N) is 5. The molecule has 232 valence electrons. The third kappa shape index (κ3) is 8.31. The van der Waals surface area contributed by atoms with E-state index in [1.165, 1.54) is 0 Å². The molecule has 7 N–H and O–H groups in total. The molecule has 45 heavy (non-hydrogen) atoms. The van der Waals surface area contributed by atoms with Gasteiger partial charge in [0.1, 0.15) is 6.17 Å². The molecule has 0 radical (unpaired) electrons. The minimum Gasteiger partial charge on any atom is -0.397 e. The van der Waals surface area contributed by atoms with Gasteiger partial charge in [0.15, 0.2) is 0 Å². The van der Waals surface area contributed by atoms with Crippen molar-refractivity contribution in [3.8, 4) is 0 Å². The number of aromatic nitrogens is 1. The fraction of sp³-hybridized carbons (Fsp3) is 0.243. The summed E-state index contributed by atoms with van der Waals surface area (Å²) in [5.74, 6) is 0. The first-order valence-electron chi connectivity index (χ1n) is 15.6. The third-order valence-corrected chi connectivity index (χ3v) is 7.79. The van der Waals surface area contributed by atoms with Crippen LogP contribution < -0.4 is 32.3 Å². The molecule has 4 atom stereocenters. The van der Waals surface area contributed by atoms with E-state index in [2.05, 4.69) is 100 Å². The van der Waals surface area contributed by atoms with Crippen molar-refractivity contribution < 1.29 is 0 Å². The van der Waals surface area contributed by atoms with Crippen molar-refractivity contribution in [2.24, 2.45) is 10.7 Å². The van der Waals surface area contributed by atoms with E-state index in [4.69, 9.17) is 10.7 Å². The van der Waals surface area contributed by atoms with Gasteiger partial charge in [0.05, 0.1) is 52.3 Å². The SMILES string of the molecule is C=C[C@@H](N/C(=C\CC)C1=CC=CCN1)C1=CC(C(=C)/C=C\C=C(/N)C2=CC=CCN2)=NC(C2C=CCC(c3ccccn3)N2)N1. The summed E-state index contributed by atoms with van der Waals surface area (Å²) in [6.45, 7) is 12.3. The predicted molar refractivity (Wildman–Crippen MR) is 187 cm³/mol. The number of hydrogen-bond donors (Lipinski definition) is 6. The molecule has 0 spiro atoms. The lowest BCUT2D eigenvalue weighted by molar-refractivity contribution is 0.378. The van der Waals surface area contributed by atoms with Crippen LogP contribution in [0.5, 0.6) is 0 Å². The summed E-state index contributed by atoms with van der Waals surface area (Å²) in [6, 6.07) is 5.85. The Bertz CT molecular complexity index is 1550. The summed E-state index contributed by atoms with van der Waals surface area (Å²) >= 11 is 0. The second-order valence-corrected chi connectivity index (χ2v) is 11.0. The van der Waals surface area contributed by atoms with Gasteiger partial charge >= 0.3 is 0 Å². The van der Waals surface area contributed by atoms with Crippen LogP contribution in [0, 0.1) is 0 Å². The van der Waals surface area contributed by atoms with Crippen LogP contribution in [0.25, 0.3) is 0 Å². The van der Waals surface area contributed by atoms with E-state index in [1.54, 1.807) is 0 Å². The second-order valence-electron chi connectivity index (χ2n) is 11.0. The van der Waals surface area contributed by atoms with Gasteiger partial charge in [-0.3, -0.25) is 15.3 Å². The molecule has 0 saturated carbocycles. The normalized spacial score (nSPS) is 23.9. The molecule has 8 nitrogen and oxygen atoms in total. The van der Waals surface area contributed by atoms with E-state index in [1.807, 2.05) is 60.9 Å². The Kier molecular flexibility index (Phi) is 10.9. The number of nitrogens with two attached hydrogens (primary N) is 1. The van der Waals surface area contributed by atoms with Crippen LogP contribution in [0.15, 0.2) is 162 Å². The molecule has 0 amide bonds. The Morgan fingerprint density at radius 3 is 2.62 bits per heavy atom. The summed E-state index contributed by atoms with van der Waals surface area (Å²) in [6.07, 6.45) is 31.9. The average molecular weight is 601 g/mol. The topological polar surface area (TPSA) is 111 Å². The van der Waals surface area contributed by atoms with E-state index >= 15 is 0 Å². The number of nitrogens with zero attached hydrogens (tertiary/aromatic N) is 2. The van der Waals surface area contributed by atoms with E-state index < -0.39 is 0 Å². The molecule has 0 bridgehead atoms. The molecular weight excluding hydrogens is 556 g/mol. The fourth-order valence-corrected chi connectivity index (χ4v) is 5.43. The average Bonchev–Trinajstić information content (AvgIpc) is 3.11. The quantitative estimate of drug-likeness (QED) is 0.151. The van der Waals surface area contributed by atoms with Gasteiger partial charge in [-0.1, -0.05) is 80.3 Å².